The van der Waals surface area contributed by atoms with Crippen molar-refractivity contribution < 1.29 is 8.42 Å². The van der Waals surface area contributed by atoms with Crippen molar-refractivity contribution >= 4 is 21.6 Å². The van der Waals surface area contributed by atoms with Crippen molar-refractivity contribution in [2.45, 2.75) is 18.7 Å². The number of halogens is 1. The van der Waals surface area contributed by atoms with Gasteiger partial charge in [0, 0.05) is 5.56 Å². The van der Waals surface area contributed by atoms with E-state index in [4.69, 9.17) is 11.6 Å². The molecule has 0 spiro atoms. The van der Waals surface area contributed by atoms with E-state index in [2.05, 4.69) is 16.6 Å². The molecule has 3 nitrogen and oxygen atoms in total. The Labute approximate surface area is 136 Å². The molecule has 0 aromatic heterocycles. The Morgan fingerprint density at radius 1 is 1.09 bits per heavy atom. The lowest BCUT2D eigenvalue weighted by Crippen LogP contribution is -2.24. The van der Waals surface area contributed by atoms with Crippen LogP contribution >= 0.6 is 11.6 Å². The molecule has 0 atom stereocenters. The van der Waals surface area contributed by atoms with Gasteiger partial charge in [0.15, 0.2) is 0 Å². The third-order valence-electron chi connectivity index (χ3n) is 3.24. The summed E-state index contributed by atoms with van der Waals surface area (Å²) in [4.78, 5) is 0.246. The van der Waals surface area contributed by atoms with E-state index in [9.17, 15) is 8.42 Å². The first-order valence-electron chi connectivity index (χ1n) is 6.70. The van der Waals surface area contributed by atoms with Crippen LogP contribution in [-0.4, -0.2) is 15.0 Å². The topological polar surface area (TPSA) is 46.2 Å². The second-order valence-corrected chi connectivity index (χ2v) is 7.03. The highest BCUT2D eigenvalue weighted by Gasteiger charge is 2.13. The lowest BCUT2D eigenvalue weighted by Gasteiger charge is -2.06. The lowest BCUT2D eigenvalue weighted by atomic mass is 10.1. The van der Waals surface area contributed by atoms with Gasteiger partial charge >= 0.3 is 0 Å². The SMILES string of the molecule is Cc1ccc(S(=O)(=O)NCC#Cc2ccccc2Cl)cc1C. The zero-order valence-electron chi connectivity index (χ0n) is 12.4. The predicted molar refractivity (Wildman–Crippen MR) is 89.4 cm³/mol. The fraction of sp³-hybridized carbons (Fsp3) is 0.176. The van der Waals surface area contributed by atoms with E-state index in [1.807, 2.05) is 26.0 Å². The van der Waals surface area contributed by atoms with Gasteiger partial charge in [-0.2, -0.15) is 4.72 Å². The Morgan fingerprint density at radius 3 is 2.50 bits per heavy atom. The van der Waals surface area contributed by atoms with E-state index >= 15 is 0 Å². The number of nitrogens with one attached hydrogen (secondary N) is 1. The minimum atomic E-state index is -3.55. The normalized spacial score (nSPS) is 10.9. The first kappa shape index (κ1) is 16.6. The molecule has 2 aromatic rings. The van der Waals surface area contributed by atoms with Crippen molar-refractivity contribution in [1.29, 1.82) is 0 Å². The number of aryl methyl sites for hydroxylation is 2. The summed E-state index contributed by atoms with van der Waals surface area (Å²) in [6, 6.07) is 12.2. The van der Waals surface area contributed by atoms with E-state index < -0.39 is 10.0 Å². The number of hydrogen-bond acceptors (Lipinski definition) is 2. The van der Waals surface area contributed by atoms with Crippen molar-refractivity contribution in [3.63, 3.8) is 0 Å². The molecule has 0 unspecified atom stereocenters. The molecule has 0 aliphatic carbocycles. The average molecular weight is 334 g/mol. The van der Waals surface area contributed by atoms with Crippen molar-refractivity contribution in [1.82, 2.24) is 4.72 Å². The molecule has 0 fully saturated rings. The summed E-state index contributed by atoms with van der Waals surface area (Å²) in [5.41, 5.74) is 2.66. The van der Waals surface area contributed by atoms with Crippen molar-refractivity contribution in [2.24, 2.45) is 0 Å². The Morgan fingerprint density at radius 2 is 1.82 bits per heavy atom. The molecule has 5 heteroatoms. The standard InChI is InChI=1S/C17H16ClNO2S/c1-13-9-10-16(12-14(13)2)22(20,21)19-11-5-7-15-6-3-4-8-17(15)18/h3-4,6,8-10,12,19H,11H2,1-2H3. The van der Waals surface area contributed by atoms with Gasteiger partial charge in [0.2, 0.25) is 10.0 Å². The van der Waals surface area contributed by atoms with Crippen molar-refractivity contribution in [2.75, 3.05) is 6.54 Å². The molecule has 0 amide bonds. The molecule has 0 saturated heterocycles. The van der Waals surface area contributed by atoms with Crippen LogP contribution in [0.15, 0.2) is 47.4 Å². The first-order valence-corrected chi connectivity index (χ1v) is 8.56. The summed E-state index contributed by atoms with van der Waals surface area (Å²) < 4.78 is 26.8. The minimum Gasteiger partial charge on any atom is -0.207 e. The summed E-state index contributed by atoms with van der Waals surface area (Å²) in [5, 5.41) is 0.548. The molecule has 0 aliphatic heterocycles. The quantitative estimate of drug-likeness (QED) is 0.876. The minimum absolute atomic E-state index is 0.0283. The van der Waals surface area contributed by atoms with Crippen LogP contribution in [0.5, 0.6) is 0 Å². The molecule has 2 rings (SSSR count). The van der Waals surface area contributed by atoms with Crippen LogP contribution in [-0.2, 0) is 10.0 Å². The summed E-state index contributed by atoms with van der Waals surface area (Å²) >= 11 is 5.98. The first-order chi connectivity index (χ1) is 10.4. The molecular formula is C17H16ClNO2S. The van der Waals surface area contributed by atoms with Gasteiger partial charge < -0.3 is 0 Å². The van der Waals surface area contributed by atoms with Gasteiger partial charge in [-0.1, -0.05) is 41.6 Å². The van der Waals surface area contributed by atoms with E-state index in [-0.39, 0.29) is 11.4 Å². The van der Waals surface area contributed by atoms with Gasteiger partial charge in [0.25, 0.3) is 0 Å². The number of benzene rings is 2. The van der Waals surface area contributed by atoms with Crippen LogP contribution in [0.3, 0.4) is 0 Å². The summed E-state index contributed by atoms with van der Waals surface area (Å²) in [5.74, 6) is 5.62. The maximum atomic E-state index is 12.2. The molecule has 0 bridgehead atoms. The highest BCUT2D eigenvalue weighted by atomic mass is 35.5. The maximum Gasteiger partial charge on any atom is 0.241 e. The summed E-state index contributed by atoms with van der Waals surface area (Å²) in [6.45, 7) is 3.85. The van der Waals surface area contributed by atoms with Crippen molar-refractivity contribution in [3.8, 4) is 11.8 Å². The van der Waals surface area contributed by atoms with E-state index in [0.29, 0.717) is 10.6 Å². The summed E-state index contributed by atoms with van der Waals surface area (Å²) in [6.07, 6.45) is 0. The fourth-order valence-corrected chi connectivity index (χ4v) is 2.99. The van der Waals surface area contributed by atoms with Gasteiger partial charge in [-0.3, -0.25) is 0 Å². The number of hydrogen-bond donors (Lipinski definition) is 1. The third kappa shape index (κ3) is 4.11. The molecule has 0 saturated carbocycles. The third-order valence-corrected chi connectivity index (χ3v) is 4.96. The molecular weight excluding hydrogens is 318 g/mol. The van der Waals surface area contributed by atoms with Crippen molar-refractivity contribution in [3.05, 3.63) is 64.2 Å². The van der Waals surface area contributed by atoms with E-state index in [1.54, 1.807) is 30.3 Å². The monoisotopic (exact) mass is 333 g/mol. The average Bonchev–Trinajstić information content (AvgIpc) is 2.48. The van der Waals surface area contributed by atoms with Crippen LogP contribution in [0.1, 0.15) is 16.7 Å². The highest BCUT2D eigenvalue weighted by Crippen LogP contribution is 2.14. The lowest BCUT2D eigenvalue weighted by molar-refractivity contribution is 0.586. The Kier molecular flexibility index (Phi) is 5.25. The highest BCUT2D eigenvalue weighted by molar-refractivity contribution is 7.89. The molecule has 0 radical (unpaired) electrons. The smallest absolute Gasteiger partial charge is 0.207 e. The van der Waals surface area contributed by atoms with Crippen LogP contribution in [0.25, 0.3) is 0 Å². The second kappa shape index (κ2) is 6.97. The molecule has 22 heavy (non-hydrogen) atoms. The molecule has 0 heterocycles. The number of rotatable bonds is 3. The Hall–Kier alpha value is -1.80. The molecule has 114 valence electrons. The largest absolute Gasteiger partial charge is 0.241 e. The summed E-state index contributed by atoms with van der Waals surface area (Å²) in [7, 11) is -3.55. The predicted octanol–water partition coefficient (Wildman–Crippen LogP) is 3.29. The van der Waals surface area contributed by atoms with Crippen LogP contribution in [0.4, 0.5) is 0 Å². The zero-order chi connectivity index (χ0) is 16.2. The van der Waals surface area contributed by atoms with Gasteiger partial charge in [0.1, 0.15) is 0 Å². The fourth-order valence-electron chi connectivity index (χ4n) is 1.80. The van der Waals surface area contributed by atoms with Crippen LogP contribution in [0, 0.1) is 25.7 Å². The Bertz CT molecular complexity index is 848. The Balaban J connectivity index is 2.08. The number of sulfonamides is 1. The van der Waals surface area contributed by atoms with Crippen LogP contribution < -0.4 is 4.72 Å². The second-order valence-electron chi connectivity index (χ2n) is 4.85. The van der Waals surface area contributed by atoms with Gasteiger partial charge in [-0.05, 0) is 49.2 Å². The molecule has 2 aromatic carbocycles. The molecule has 0 aliphatic rings. The van der Waals surface area contributed by atoms with Gasteiger partial charge in [-0.25, -0.2) is 8.42 Å². The van der Waals surface area contributed by atoms with E-state index in [1.165, 1.54) is 0 Å². The van der Waals surface area contributed by atoms with E-state index in [0.717, 1.165) is 11.1 Å². The van der Waals surface area contributed by atoms with Gasteiger partial charge in [-0.15, -0.1) is 0 Å². The zero-order valence-corrected chi connectivity index (χ0v) is 13.9. The maximum absolute atomic E-state index is 12.2. The molecule has 1 N–H and O–H groups in total. The van der Waals surface area contributed by atoms with Crippen LogP contribution in [0.2, 0.25) is 5.02 Å². The van der Waals surface area contributed by atoms with Gasteiger partial charge in [0.05, 0.1) is 16.5 Å².